The normalized spacial score (nSPS) is 17.7. The first kappa shape index (κ1) is 18.3. The van der Waals surface area contributed by atoms with Crippen LogP contribution >= 0.6 is 34.2 Å². The lowest BCUT2D eigenvalue weighted by atomic mass is 10.0. The molecular weight excluding hydrogens is 457 g/mol. The third-order valence-electron chi connectivity index (χ3n) is 5.21. The van der Waals surface area contributed by atoms with Crippen molar-refractivity contribution in [2.75, 3.05) is 13.1 Å². The number of hydrogen-bond donors (Lipinski definition) is 0. The molecule has 1 aliphatic rings. The summed E-state index contributed by atoms with van der Waals surface area (Å²) >= 11 is 8.82. The van der Waals surface area contributed by atoms with E-state index in [2.05, 4.69) is 80.6 Å². The summed E-state index contributed by atoms with van der Waals surface area (Å²) in [5, 5.41) is -0.0811. The van der Waals surface area contributed by atoms with E-state index in [-0.39, 0.29) is 5.38 Å². The Hall–Kier alpha value is -1.11. The monoisotopic (exact) mass is 479 g/mol. The van der Waals surface area contributed by atoms with E-state index < -0.39 is 0 Å². The minimum atomic E-state index is -0.0811. The van der Waals surface area contributed by atoms with Gasteiger partial charge in [0.2, 0.25) is 0 Å². The fourth-order valence-corrected chi connectivity index (χ4v) is 4.56. The highest BCUT2D eigenvalue weighted by Gasteiger charge is 2.26. The van der Waals surface area contributed by atoms with Crippen molar-refractivity contribution in [3.8, 4) is 0 Å². The minimum absolute atomic E-state index is 0.0811. The molecule has 26 heavy (non-hydrogen) atoms. The maximum atomic E-state index is 6.48. The predicted octanol–water partition coefficient (Wildman–Crippen LogP) is 5.78. The third-order valence-corrected chi connectivity index (χ3v) is 6.07. The van der Waals surface area contributed by atoms with Gasteiger partial charge in [-0.05, 0) is 66.1 Å². The fourth-order valence-electron chi connectivity index (χ4n) is 3.93. The zero-order valence-electron chi connectivity index (χ0n) is 14.9. The maximum absolute atomic E-state index is 6.48. The van der Waals surface area contributed by atoms with Gasteiger partial charge in [0.05, 0.1) is 16.4 Å². The summed E-state index contributed by atoms with van der Waals surface area (Å²) in [5.41, 5.74) is 3.67. The van der Waals surface area contributed by atoms with Crippen LogP contribution in [-0.2, 0) is 6.54 Å². The minimum Gasteiger partial charge on any atom is -0.324 e. The van der Waals surface area contributed by atoms with E-state index in [4.69, 9.17) is 16.6 Å². The lowest BCUT2D eigenvalue weighted by Gasteiger charge is -2.34. The van der Waals surface area contributed by atoms with Crippen molar-refractivity contribution in [1.82, 2.24) is 14.5 Å². The molecule has 2 aromatic carbocycles. The zero-order chi connectivity index (χ0) is 18.1. The van der Waals surface area contributed by atoms with Crippen molar-refractivity contribution >= 4 is 45.2 Å². The van der Waals surface area contributed by atoms with Gasteiger partial charge in [-0.1, -0.05) is 30.3 Å². The standard InChI is InChI=1S/C21H23ClIN3/c1-15(22)21-24-19-13-17(23)7-8-20(19)26(21)18-9-11-25(12-10-18)14-16-5-3-2-4-6-16/h2-8,13,15,18H,9-12,14H2,1H3. The Bertz CT molecular complexity index is 883. The molecule has 1 aromatic heterocycles. The van der Waals surface area contributed by atoms with E-state index in [1.165, 1.54) is 14.7 Å². The molecule has 2 heterocycles. The zero-order valence-corrected chi connectivity index (χ0v) is 17.8. The quantitative estimate of drug-likeness (QED) is 0.349. The maximum Gasteiger partial charge on any atom is 0.127 e. The predicted molar refractivity (Wildman–Crippen MR) is 117 cm³/mol. The Morgan fingerprint density at radius 1 is 1.15 bits per heavy atom. The Labute approximate surface area is 173 Å². The number of piperidine rings is 1. The number of likely N-dealkylation sites (tertiary alicyclic amines) is 1. The molecule has 0 bridgehead atoms. The van der Waals surface area contributed by atoms with Gasteiger partial charge in [0, 0.05) is 29.2 Å². The first-order chi connectivity index (χ1) is 12.6. The number of imidazole rings is 1. The van der Waals surface area contributed by atoms with Gasteiger partial charge < -0.3 is 4.57 Å². The second-order valence-electron chi connectivity index (χ2n) is 7.08. The van der Waals surface area contributed by atoms with Crippen LogP contribution in [0.15, 0.2) is 48.5 Å². The lowest BCUT2D eigenvalue weighted by Crippen LogP contribution is -2.34. The van der Waals surface area contributed by atoms with E-state index in [9.17, 15) is 0 Å². The molecule has 1 fully saturated rings. The number of aromatic nitrogens is 2. The van der Waals surface area contributed by atoms with Crippen LogP contribution in [0.25, 0.3) is 11.0 Å². The van der Waals surface area contributed by atoms with E-state index in [0.29, 0.717) is 6.04 Å². The van der Waals surface area contributed by atoms with E-state index >= 15 is 0 Å². The van der Waals surface area contributed by atoms with Gasteiger partial charge >= 0.3 is 0 Å². The average Bonchev–Trinajstić information content (AvgIpc) is 3.02. The van der Waals surface area contributed by atoms with Crippen molar-refractivity contribution < 1.29 is 0 Å². The van der Waals surface area contributed by atoms with Crippen molar-refractivity contribution in [1.29, 1.82) is 0 Å². The third kappa shape index (κ3) is 3.78. The Balaban J connectivity index is 1.54. The molecule has 0 N–H and O–H groups in total. The summed E-state index contributed by atoms with van der Waals surface area (Å²) in [6, 6.07) is 17.7. The Kier molecular flexibility index (Phi) is 5.53. The Morgan fingerprint density at radius 3 is 2.58 bits per heavy atom. The summed E-state index contributed by atoms with van der Waals surface area (Å²) in [6.07, 6.45) is 2.28. The first-order valence-corrected chi connectivity index (χ1v) is 10.7. The van der Waals surface area contributed by atoms with Gasteiger partial charge in [-0.2, -0.15) is 0 Å². The molecule has 5 heteroatoms. The number of nitrogens with zero attached hydrogens (tertiary/aromatic N) is 3. The van der Waals surface area contributed by atoms with Crippen LogP contribution < -0.4 is 0 Å². The van der Waals surface area contributed by atoms with Crippen molar-refractivity contribution in [2.45, 2.75) is 37.7 Å². The van der Waals surface area contributed by atoms with Gasteiger partial charge in [0.1, 0.15) is 5.82 Å². The molecular formula is C21H23ClIN3. The molecule has 0 aliphatic carbocycles. The van der Waals surface area contributed by atoms with Gasteiger partial charge in [0.15, 0.2) is 0 Å². The van der Waals surface area contributed by atoms with Gasteiger partial charge in [-0.3, -0.25) is 4.90 Å². The molecule has 3 nitrogen and oxygen atoms in total. The fraction of sp³-hybridized carbons (Fsp3) is 0.381. The van der Waals surface area contributed by atoms with Crippen LogP contribution in [0.2, 0.25) is 0 Å². The average molecular weight is 480 g/mol. The van der Waals surface area contributed by atoms with Crippen LogP contribution in [0.3, 0.4) is 0 Å². The molecule has 0 spiro atoms. The largest absolute Gasteiger partial charge is 0.324 e. The van der Waals surface area contributed by atoms with Crippen molar-refractivity contribution in [3.05, 3.63) is 63.5 Å². The summed E-state index contributed by atoms with van der Waals surface area (Å²) in [4.78, 5) is 7.40. The molecule has 1 aliphatic heterocycles. The highest BCUT2D eigenvalue weighted by atomic mass is 127. The second-order valence-corrected chi connectivity index (χ2v) is 8.98. The summed E-state index contributed by atoms with van der Waals surface area (Å²) in [7, 11) is 0. The molecule has 1 unspecified atom stereocenters. The highest BCUT2D eigenvalue weighted by Crippen LogP contribution is 2.33. The molecule has 136 valence electrons. The molecule has 0 saturated carbocycles. The smallest absolute Gasteiger partial charge is 0.127 e. The number of halogens is 2. The van der Waals surface area contributed by atoms with E-state index in [1.807, 2.05) is 6.92 Å². The molecule has 0 radical (unpaired) electrons. The molecule has 0 amide bonds. The van der Waals surface area contributed by atoms with Crippen molar-refractivity contribution in [2.24, 2.45) is 0 Å². The van der Waals surface area contributed by atoms with Gasteiger partial charge in [0.25, 0.3) is 0 Å². The topological polar surface area (TPSA) is 21.1 Å². The number of hydrogen-bond acceptors (Lipinski definition) is 2. The van der Waals surface area contributed by atoms with E-state index in [0.717, 1.165) is 43.8 Å². The van der Waals surface area contributed by atoms with Gasteiger partial charge in [-0.25, -0.2) is 4.98 Å². The van der Waals surface area contributed by atoms with Crippen molar-refractivity contribution in [3.63, 3.8) is 0 Å². The van der Waals surface area contributed by atoms with Crippen LogP contribution in [0.4, 0.5) is 0 Å². The van der Waals surface area contributed by atoms with E-state index in [1.54, 1.807) is 0 Å². The molecule has 3 aromatic rings. The Morgan fingerprint density at radius 2 is 1.88 bits per heavy atom. The molecule has 4 rings (SSSR count). The number of alkyl halides is 1. The first-order valence-electron chi connectivity index (χ1n) is 9.19. The summed E-state index contributed by atoms with van der Waals surface area (Å²) in [6.45, 7) is 5.28. The summed E-state index contributed by atoms with van der Waals surface area (Å²) in [5.74, 6) is 1.00. The summed E-state index contributed by atoms with van der Waals surface area (Å²) < 4.78 is 3.62. The highest BCUT2D eigenvalue weighted by molar-refractivity contribution is 14.1. The molecule has 1 atom stereocenters. The number of fused-ring (bicyclic) bond motifs is 1. The lowest BCUT2D eigenvalue weighted by molar-refractivity contribution is 0.180. The number of rotatable bonds is 4. The number of benzene rings is 2. The van der Waals surface area contributed by atoms with Crippen LogP contribution in [0.5, 0.6) is 0 Å². The van der Waals surface area contributed by atoms with Crippen LogP contribution in [-0.4, -0.2) is 27.5 Å². The second kappa shape index (κ2) is 7.87. The molecule has 1 saturated heterocycles. The van der Waals surface area contributed by atoms with Crippen LogP contribution in [0.1, 0.15) is 42.6 Å². The SMILES string of the molecule is CC(Cl)c1nc2cc(I)ccc2n1C1CCN(Cc2ccccc2)CC1. The van der Waals surface area contributed by atoms with Crippen LogP contribution in [0, 0.1) is 3.57 Å². The van der Waals surface area contributed by atoms with Gasteiger partial charge in [-0.15, -0.1) is 11.6 Å².